The first-order valence-corrected chi connectivity index (χ1v) is 8.41. The van der Waals surface area contributed by atoms with Crippen LogP contribution in [0.3, 0.4) is 0 Å². The zero-order valence-electron chi connectivity index (χ0n) is 15.7. The zero-order valence-corrected chi connectivity index (χ0v) is 15.7. The molecule has 0 aliphatic rings. The van der Waals surface area contributed by atoms with Crippen LogP contribution in [0.4, 0.5) is 0 Å². The molecule has 5 heteroatoms. The molecule has 138 valence electrons. The number of aryl methyl sites for hydroxylation is 2. The molecule has 2 aromatic carbocycles. The van der Waals surface area contributed by atoms with Gasteiger partial charge in [0.05, 0.1) is 20.8 Å². The van der Waals surface area contributed by atoms with Gasteiger partial charge in [-0.1, -0.05) is 12.1 Å². The van der Waals surface area contributed by atoms with E-state index in [-0.39, 0.29) is 5.91 Å². The summed E-state index contributed by atoms with van der Waals surface area (Å²) in [5.74, 6) is 1.90. The van der Waals surface area contributed by atoms with E-state index >= 15 is 0 Å². The molecular formula is C21H25NO4. The van der Waals surface area contributed by atoms with Crippen molar-refractivity contribution in [2.24, 2.45) is 0 Å². The lowest BCUT2D eigenvalue weighted by Gasteiger charge is -2.09. The first kappa shape index (κ1) is 19.4. The van der Waals surface area contributed by atoms with E-state index in [9.17, 15) is 4.79 Å². The molecule has 0 fully saturated rings. The Balaban J connectivity index is 1.79. The number of ether oxygens (including phenoxy) is 3. The van der Waals surface area contributed by atoms with Crippen molar-refractivity contribution in [3.05, 3.63) is 59.2 Å². The first-order chi connectivity index (χ1) is 12.5. The first-order valence-electron chi connectivity index (χ1n) is 8.41. The molecule has 0 aromatic heterocycles. The Bertz CT molecular complexity index is 784. The monoisotopic (exact) mass is 355 g/mol. The van der Waals surface area contributed by atoms with Gasteiger partial charge in [-0.3, -0.25) is 4.79 Å². The summed E-state index contributed by atoms with van der Waals surface area (Å²) in [6.07, 6.45) is 3.21. The third-order valence-electron chi connectivity index (χ3n) is 3.98. The van der Waals surface area contributed by atoms with E-state index in [1.54, 1.807) is 26.4 Å². The second-order valence-electron chi connectivity index (χ2n) is 5.83. The van der Waals surface area contributed by atoms with Crippen LogP contribution in [0, 0.1) is 13.8 Å². The van der Waals surface area contributed by atoms with Crippen LogP contribution < -0.4 is 19.5 Å². The Kier molecular flexibility index (Phi) is 7.09. The molecule has 0 bridgehead atoms. The van der Waals surface area contributed by atoms with E-state index in [4.69, 9.17) is 14.2 Å². The predicted molar refractivity (Wildman–Crippen MR) is 103 cm³/mol. The molecule has 0 atom stereocenters. The van der Waals surface area contributed by atoms with Crippen LogP contribution in [0.25, 0.3) is 6.08 Å². The van der Waals surface area contributed by atoms with E-state index in [0.717, 1.165) is 11.3 Å². The lowest BCUT2D eigenvalue weighted by Crippen LogP contribution is -2.26. The number of rotatable bonds is 8. The fourth-order valence-electron chi connectivity index (χ4n) is 2.33. The Hall–Kier alpha value is -2.95. The molecule has 0 aliphatic carbocycles. The van der Waals surface area contributed by atoms with Crippen LogP contribution in [0.2, 0.25) is 0 Å². The molecule has 0 spiro atoms. The molecule has 0 saturated carbocycles. The molecule has 2 rings (SSSR count). The maximum absolute atomic E-state index is 11.9. The fourth-order valence-corrected chi connectivity index (χ4v) is 2.33. The number of methoxy groups -OCH3 is 2. The predicted octanol–water partition coefficient (Wildman–Crippen LogP) is 3.53. The molecule has 0 saturated heterocycles. The molecule has 0 heterocycles. The van der Waals surface area contributed by atoms with Crippen molar-refractivity contribution < 1.29 is 19.0 Å². The highest BCUT2D eigenvalue weighted by Gasteiger charge is 2.03. The highest BCUT2D eigenvalue weighted by Crippen LogP contribution is 2.27. The van der Waals surface area contributed by atoms with Crippen LogP contribution in [0.5, 0.6) is 17.2 Å². The van der Waals surface area contributed by atoms with E-state index in [1.807, 2.05) is 37.3 Å². The minimum atomic E-state index is -0.177. The zero-order chi connectivity index (χ0) is 18.9. The third-order valence-corrected chi connectivity index (χ3v) is 3.98. The number of hydrogen-bond donors (Lipinski definition) is 1. The van der Waals surface area contributed by atoms with Crippen LogP contribution in [-0.2, 0) is 4.79 Å². The van der Waals surface area contributed by atoms with Gasteiger partial charge < -0.3 is 19.5 Å². The van der Waals surface area contributed by atoms with Crippen molar-refractivity contribution in [2.75, 3.05) is 27.4 Å². The van der Waals surface area contributed by atoms with Crippen molar-refractivity contribution in [3.8, 4) is 17.2 Å². The van der Waals surface area contributed by atoms with Gasteiger partial charge in [0, 0.05) is 6.08 Å². The molecule has 2 aromatic rings. The minimum Gasteiger partial charge on any atom is -0.493 e. The second-order valence-corrected chi connectivity index (χ2v) is 5.83. The van der Waals surface area contributed by atoms with Gasteiger partial charge in [0.15, 0.2) is 11.5 Å². The van der Waals surface area contributed by atoms with Crippen molar-refractivity contribution in [1.82, 2.24) is 5.32 Å². The van der Waals surface area contributed by atoms with E-state index < -0.39 is 0 Å². The SMILES string of the molecule is COc1ccc(/C=C/C(=O)NCCOc2ccc(C)c(C)c2)cc1OC. The Labute approximate surface area is 154 Å². The molecule has 5 nitrogen and oxygen atoms in total. The summed E-state index contributed by atoms with van der Waals surface area (Å²) >= 11 is 0. The van der Waals surface area contributed by atoms with Gasteiger partial charge in [0.1, 0.15) is 12.4 Å². The van der Waals surface area contributed by atoms with E-state index in [2.05, 4.69) is 12.2 Å². The van der Waals surface area contributed by atoms with Crippen LogP contribution in [0.15, 0.2) is 42.5 Å². The van der Waals surface area contributed by atoms with Crippen LogP contribution in [0.1, 0.15) is 16.7 Å². The van der Waals surface area contributed by atoms with Crippen molar-refractivity contribution in [3.63, 3.8) is 0 Å². The number of amides is 1. The Morgan fingerprint density at radius 2 is 1.77 bits per heavy atom. The summed E-state index contributed by atoms with van der Waals surface area (Å²) in [7, 11) is 3.16. The standard InChI is InChI=1S/C21H25NO4/c1-15-5-8-18(13-16(15)2)26-12-11-22-21(23)10-7-17-6-9-19(24-3)20(14-17)25-4/h5-10,13-14H,11-12H2,1-4H3,(H,22,23)/b10-7+. The summed E-state index contributed by atoms with van der Waals surface area (Å²) in [5, 5.41) is 2.79. The van der Waals surface area contributed by atoms with Crippen molar-refractivity contribution in [2.45, 2.75) is 13.8 Å². The summed E-state index contributed by atoms with van der Waals surface area (Å²) < 4.78 is 16.1. The molecule has 1 amide bonds. The van der Waals surface area contributed by atoms with Gasteiger partial charge in [-0.2, -0.15) is 0 Å². The Morgan fingerprint density at radius 3 is 2.46 bits per heavy atom. The maximum Gasteiger partial charge on any atom is 0.244 e. The van der Waals surface area contributed by atoms with Gasteiger partial charge in [-0.15, -0.1) is 0 Å². The van der Waals surface area contributed by atoms with Crippen LogP contribution in [-0.4, -0.2) is 33.3 Å². The highest BCUT2D eigenvalue weighted by atomic mass is 16.5. The molecule has 0 radical (unpaired) electrons. The lowest BCUT2D eigenvalue weighted by atomic mass is 10.1. The number of carbonyl (C=O) groups is 1. The number of carbonyl (C=O) groups excluding carboxylic acids is 1. The average Bonchev–Trinajstić information content (AvgIpc) is 2.66. The molecule has 26 heavy (non-hydrogen) atoms. The maximum atomic E-state index is 11.9. The van der Waals surface area contributed by atoms with E-state index in [0.29, 0.717) is 24.7 Å². The molecule has 0 unspecified atom stereocenters. The molecule has 1 N–H and O–H groups in total. The number of benzene rings is 2. The van der Waals surface area contributed by atoms with Crippen molar-refractivity contribution in [1.29, 1.82) is 0 Å². The minimum absolute atomic E-state index is 0.177. The normalized spacial score (nSPS) is 10.6. The van der Waals surface area contributed by atoms with Gasteiger partial charge >= 0.3 is 0 Å². The molecular weight excluding hydrogens is 330 g/mol. The fraction of sp³-hybridized carbons (Fsp3) is 0.286. The largest absolute Gasteiger partial charge is 0.493 e. The number of hydrogen-bond acceptors (Lipinski definition) is 4. The van der Waals surface area contributed by atoms with Gasteiger partial charge in [-0.25, -0.2) is 0 Å². The summed E-state index contributed by atoms with van der Waals surface area (Å²) in [5.41, 5.74) is 3.26. The third kappa shape index (κ3) is 5.55. The number of nitrogens with one attached hydrogen (secondary N) is 1. The topological polar surface area (TPSA) is 56.8 Å². The second kappa shape index (κ2) is 9.51. The van der Waals surface area contributed by atoms with Gasteiger partial charge in [0.2, 0.25) is 5.91 Å². The van der Waals surface area contributed by atoms with Gasteiger partial charge in [0.25, 0.3) is 0 Å². The van der Waals surface area contributed by atoms with E-state index in [1.165, 1.54) is 17.2 Å². The quantitative estimate of drug-likeness (QED) is 0.581. The smallest absolute Gasteiger partial charge is 0.244 e. The summed E-state index contributed by atoms with van der Waals surface area (Å²) in [4.78, 5) is 11.9. The van der Waals surface area contributed by atoms with Gasteiger partial charge in [-0.05, 0) is 60.9 Å². The summed E-state index contributed by atoms with van der Waals surface area (Å²) in [6.45, 7) is 4.95. The Morgan fingerprint density at radius 1 is 1.00 bits per heavy atom. The lowest BCUT2D eigenvalue weighted by molar-refractivity contribution is -0.116. The average molecular weight is 355 g/mol. The molecule has 0 aliphatic heterocycles. The summed E-state index contributed by atoms with van der Waals surface area (Å²) in [6, 6.07) is 11.4. The highest BCUT2D eigenvalue weighted by molar-refractivity contribution is 5.91. The van der Waals surface area contributed by atoms with Crippen LogP contribution >= 0.6 is 0 Å². The van der Waals surface area contributed by atoms with Crippen molar-refractivity contribution >= 4 is 12.0 Å².